The van der Waals surface area contributed by atoms with Gasteiger partial charge < -0.3 is 4.42 Å². The highest BCUT2D eigenvalue weighted by molar-refractivity contribution is 7.90. The highest BCUT2D eigenvalue weighted by atomic mass is 32.2. The third kappa shape index (κ3) is 3.53. The number of amides is 2. The first-order valence-electron chi connectivity index (χ1n) is 6.24. The summed E-state index contributed by atoms with van der Waals surface area (Å²) >= 11 is 0. The second-order valence-corrected chi connectivity index (χ2v) is 6.65. The molecule has 0 aliphatic heterocycles. The van der Waals surface area contributed by atoms with Crippen molar-refractivity contribution >= 4 is 21.7 Å². The molecule has 2 amide bonds. The molecule has 116 valence electrons. The minimum Gasteiger partial charge on any atom is -0.459 e. The van der Waals surface area contributed by atoms with Gasteiger partial charge in [0, 0.05) is 11.8 Å². The quantitative estimate of drug-likeness (QED) is 0.822. The monoisotopic (exact) mass is 322 g/mol. The maximum absolute atomic E-state index is 12.1. The van der Waals surface area contributed by atoms with Crippen LogP contribution in [0.5, 0.6) is 0 Å². The molecule has 0 radical (unpaired) electrons. The zero-order valence-electron chi connectivity index (χ0n) is 11.9. The molecule has 0 spiro atoms. The van der Waals surface area contributed by atoms with Crippen molar-refractivity contribution < 1.29 is 22.4 Å². The van der Waals surface area contributed by atoms with Gasteiger partial charge in [0.2, 0.25) is 0 Å². The second-order valence-electron chi connectivity index (χ2n) is 4.63. The Morgan fingerprint density at radius 2 is 1.77 bits per heavy atom. The van der Waals surface area contributed by atoms with E-state index in [9.17, 15) is 18.0 Å². The normalized spacial score (nSPS) is 11.0. The summed E-state index contributed by atoms with van der Waals surface area (Å²) in [4.78, 5) is 23.7. The molecule has 0 aliphatic rings. The van der Waals surface area contributed by atoms with Crippen LogP contribution in [0.15, 0.2) is 45.9 Å². The summed E-state index contributed by atoms with van der Waals surface area (Å²) in [6, 6.07) is 7.19. The van der Waals surface area contributed by atoms with Crippen LogP contribution in [0.25, 0.3) is 0 Å². The summed E-state index contributed by atoms with van der Waals surface area (Å²) in [5.41, 5.74) is 5.14. The average Bonchev–Trinajstić information content (AvgIpc) is 2.97. The van der Waals surface area contributed by atoms with Crippen molar-refractivity contribution in [3.8, 4) is 0 Å². The Morgan fingerprint density at radius 1 is 1.09 bits per heavy atom. The van der Waals surface area contributed by atoms with Crippen molar-refractivity contribution in [2.24, 2.45) is 0 Å². The van der Waals surface area contributed by atoms with E-state index in [1.807, 2.05) is 0 Å². The summed E-state index contributed by atoms with van der Waals surface area (Å²) in [5, 5.41) is 0. The Labute approximate surface area is 127 Å². The van der Waals surface area contributed by atoms with E-state index < -0.39 is 21.7 Å². The summed E-state index contributed by atoms with van der Waals surface area (Å²) in [6.45, 7) is 1.66. The zero-order valence-corrected chi connectivity index (χ0v) is 12.7. The van der Waals surface area contributed by atoms with Gasteiger partial charge in [0.25, 0.3) is 5.91 Å². The predicted octanol–water partition coefficient (Wildman–Crippen LogP) is 1.07. The molecule has 8 heteroatoms. The van der Waals surface area contributed by atoms with E-state index in [2.05, 4.69) is 10.9 Å². The molecule has 0 fully saturated rings. The molecule has 22 heavy (non-hydrogen) atoms. The van der Waals surface area contributed by atoms with Gasteiger partial charge in [0.05, 0.1) is 11.2 Å². The van der Waals surface area contributed by atoms with Crippen LogP contribution in [0.4, 0.5) is 0 Å². The van der Waals surface area contributed by atoms with Gasteiger partial charge in [-0.25, -0.2) is 8.42 Å². The molecule has 0 unspecified atom stereocenters. The number of hydrogen-bond donors (Lipinski definition) is 2. The number of benzene rings is 1. The van der Waals surface area contributed by atoms with Gasteiger partial charge >= 0.3 is 5.91 Å². The maximum Gasteiger partial charge on any atom is 0.305 e. The van der Waals surface area contributed by atoms with Crippen LogP contribution < -0.4 is 10.9 Å². The summed E-state index contributed by atoms with van der Waals surface area (Å²) in [5.74, 6) is -1.19. The van der Waals surface area contributed by atoms with Crippen molar-refractivity contribution in [1.82, 2.24) is 10.9 Å². The molecule has 1 heterocycles. The summed E-state index contributed by atoms with van der Waals surface area (Å²) < 4.78 is 27.9. The fourth-order valence-electron chi connectivity index (χ4n) is 1.73. The van der Waals surface area contributed by atoms with Crippen LogP contribution in [0.1, 0.15) is 26.5 Å². The van der Waals surface area contributed by atoms with E-state index in [0.717, 1.165) is 6.26 Å². The molecule has 0 saturated carbocycles. The van der Waals surface area contributed by atoms with E-state index in [-0.39, 0.29) is 16.2 Å². The molecule has 0 atom stereocenters. The fourth-order valence-corrected chi connectivity index (χ4v) is 2.37. The Bertz CT molecular complexity index is 810. The molecule has 2 rings (SSSR count). The standard InChI is InChI=1S/C14H14N2O5S/c1-9-5-6-10(22(2,19)20)8-11(9)13(17)15-16-14(18)12-4-3-7-21-12/h3-8H,1-2H3,(H,15,17)(H,16,18). The van der Waals surface area contributed by atoms with E-state index in [1.54, 1.807) is 6.92 Å². The first kappa shape index (κ1) is 15.8. The number of hydrogen-bond acceptors (Lipinski definition) is 5. The van der Waals surface area contributed by atoms with Gasteiger partial charge in [-0.05, 0) is 36.8 Å². The lowest BCUT2D eigenvalue weighted by molar-refractivity contribution is 0.0830. The van der Waals surface area contributed by atoms with Gasteiger partial charge in [-0.1, -0.05) is 6.07 Å². The number of carbonyl (C=O) groups is 2. The first-order chi connectivity index (χ1) is 10.3. The Morgan fingerprint density at radius 3 is 2.36 bits per heavy atom. The van der Waals surface area contributed by atoms with Gasteiger partial charge in [0.15, 0.2) is 15.6 Å². The number of hydrazine groups is 1. The van der Waals surface area contributed by atoms with Crippen molar-refractivity contribution in [2.45, 2.75) is 11.8 Å². The number of sulfone groups is 1. The second kappa shape index (κ2) is 6.02. The van der Waals surface area contributed by atoms with E-state index in [1.165, 1.54) is 36.6 Å². The lowest BCUT2D eigenvalue weighted by Gasteiger charge is -2.09. The maximum atomic E-state index is 12.1. The third-order valence-corrected chi connectivity index (χ3v) is 4.03. The van der Waals surface area contributed by atoms with Crippen molar-refractivity contribution in [3.63, 3.8) is 0 Å². The number of aryl methyl sites for hydroxylation is 1. The average molecular weight is 322 g/mol. The number of nitrogens with one attached hydrogen (secondary N) is 2. The molecule has 2 aromatic rings. The van der Waals surface area contributed by atoms with Crippen LogP contribution in [-0.4, -0.2) is 26.5 Å². The van der Waals surface area contributed by atoms with Crippen molar-refractivity contribution in [2.75, 3.05) is 6.26 Å². The lowest BCUT2D eigenvalue weighted by Crippen LogP contribution is -2.41. The van der Waals surface area contributed by atoms with E-state index in [4.69, 9.17) is 4.42 Å². The first-order valence-corrected chi connectivity index (χ1v) is 8.13. The smallest absolute Gasteiger partial charge is 0.305 e. The summed E-state index contributed by atoms with van der Waals surface area (Å²) in [6.07, 6.45) is 2.38. The van der Waals surface area contributed by atoms with Gasteiger partial charge in [0.1, 0.15) is 0 Å². The van der Waals surface area contributed by atoms with Crippen LogP contribution >= 0.6 is 0 Å². The zero-order chi connectivity index (χ0) is 16.3. The number of rotatable bonds is 3. The molecular weight excluding hydrogens is 308 g/mol. The Balaban J connectivity index is 2.14. The van der Waals surface area contributed by atoms with Crippen LogP contribution in [0.2, 0.25) is 0 Å². The summed E-state index contributed by atoms with van der Waals surface area (Å²) in [7, 11) is -3.42. The molecule has 1 aromatic heterocycles. The lowest BCUT2D eigenvalue weighted by atomic mass is 10.1. The van der Waals surface area contributed by atoms with Crippen LogP contribution in [-0.2, 0) is 9.84 Å². The van der Waals surface area contributed by atoms with Gasteiger partial charge in [-0.15, -0.1) is 0 Å². The topological polar surface area (TPSA) is 105 Å². The van der Waals surface area contributed by atoms with Crippen LogP contribution in [0.3, 0.4) is 0 Å². The largest absolute Gasteiger partial charge is 0.459 e. The van der Waals surface area contributed by atoms with Gasteiger partial charge in [-0.3, -0.25) is 20.4 Å². The van der Waals surface area contributed by atoms with Gasteiger partial charge in [-0.2, -0.15) is 0 Å². The molecular formula is C14H14N2O5S. The molecule has 7 nitrogen and oxygen atoms in total. The highest BCUT2D eigenvalue weighted by Crippen LogP contribution is 2.15. The van der Waals surface area contributed by atoms with Crippen molar-refractivity contribution in [3.05, 3.63) is 53.5 Å². The fraction of sp³-hybridized carbons (Fsp3) is 0.143. The molecule has 2 N–H and O–H groups in total. The van der Waals surface area contributed by atoms with Crippen molar-refractivity contribution in [1.29, 1.82) is 0 Å². The molecule has 0 bridgehead atoms. The molecule has 0 saturated heterocycles. The molecule has 0 aliphatic carbocycles. The number of carbonyl (C=O) groups excluding carboxylic acids is 2. The van der Waals surface area contributed by atoms with E-state index in [0.29, 0.717) is 5.56 Å². The highest BCUT2D eigenvalue weighted by Gasteiger charge is 2.16. The molecule has 1 aromatic carbocycles. The number of furan rings is 1. The Kier molecular flexibility index (Phi) is 4.32. The predicted molar refractivity (Wildman–Crippen MR) is 77.9 cm³/mol. The Hall–Kier alpha value is -2.61. The third-order valence-electron chi connectivity index (χ3n) is 2.92. The minimum atomic E-state index is -3.42. The minimum absolute atomic E-state index is 0.0283. The van der Waals surface area contributed by atoms with Crippen LogP contribution in [0, 0.1) is 6.92 Å². The SMILES string of the molecule is Cc1ccc(S(C)(=O)=O)cc1C(=O)NNC(=O)c1ccco1. The van der Waals surface area contributed by atoms with E-state index >= 15 is 0 Å².